The van der Waals surface area contributed by atoms with Crippen molar-refractivity contribution < 1.29 is 19.4 Å². The summed E-state index contributed by atoms with van der Waals surface area (Å²) in [6.07, 6.45) is 0. The Kier molecular flexibility index (Phi) is 5.20. The van der Waals surface area contributed by atoms with Gasteiger partial charge in [-0.05, 0) is 18.1 Å². The Bertz CT molecular complexity index is 698. The number of esters is 1. The number of hydrogen-bond donors (Lipinski definition) is 0. The topological polar surface area (TPSA) is 113 Å². The molecule has 0 aliphatic heterocycles. The lowest BCUT2D eigenvalue weighted by molar-refractivity contribution is -0.385. The fourth-order valence-corrected chi connectivity index (χ4v) is 2.27. The van der Waals surface area contributed by atoms with E-state index in [1.165, 1.54) is 48.5 Å². The molecule has 0 aliphatic rings. The summed E-state index contributed by atoms with van der Waals surface area (Å²) in [5.74, 6) is -1.34. The van der Waals surface area contributed by atoms with Gasteiger partial charge < -0.3 is 4.74 Å². The largest absolute Gasteiger partial charge is 0.465 e. The molecule has 0 fully saturated rings. The van der Waals surface area contributed by atoms with Crippen molar-refractivity contribution in [1.82, 2.24) is 0 Å². The Labute approximate surface area is 137 Å². The van der Waals surface area contributed by atoms with Gasteiger partial charge in [-0.3, -0.25) is 25.0 Å². The molecule has 0 radical (unpaired) electrons. The average molecular weight is 330 g/mol. The van der Waals surface area contributed by atoms with Crippen LogP contribution in [0.2, 0.25) is 0 Å². The van der Waals surface area contributed by atoms with Crippen LogP contribution in [0.15, 0.2) is 48.5 Å². The molecule has 0 atom stereocenters. The highest BCUT2D eigenvalue weighted by Gasteiger charge is 2.25. The first-order chi connectivity index (χ1) is 11.4. The Hall–Kier alpha value is -3.29. The second kappa shape index (κ2) is 7.32. The summed E-state index contributed by atoms with van der Waals surface area (Å²) in [5, 5.41) is 21.5. The fourth-order valence-electron chi connectivity index (χ4n) is 2.27. The van der Waals surface area contributed by atoms with Crippen LogP contribution in [-0.2, 0) is 9.53 Å². The minimum Gasteiger partial charge on any atom is -0.465 e. The highest BCUT2D eigenvalue weighted by molar-refractivity contribution is 5.82. The number of non-ortho nitro benzene ring substituents is 2. The molecule has 0 unspecified atom stereocenters. The average Bonchev–Trinajstić information content (AvgIpc) is 2.56. The van der Waals surface area contributed by atoms with E-state index in [0.29, 0.717) is 11.1 Å². The number of ether oxygens (including phenoxy) is 1. The van der Waals surface area contributed by atoms with Gasteiger partial charge in [0.1, 0.15) is 5.92 Å². The third kappa shape index (κ3) is 3.72. The number of nitro benzene ring substituents is 2. The maximum absolute atomic E-state index is 12.3. The van der Waals surface area contributed by atoms with Crippen LogP contribution >= 0.6 is 0 Å². The summed E-state index contributed by atoms with van der Waals surface area (Å²) in [6.45, 7) is 1.84. The second-order valence-electron chi connectivity index (χ2n) is 4.88. The molecule has 0 aliphatic carbocycles. The summed E-state index contributed by atoms with van der Waals surface area (Å²) in [5.41, 5.74) is 0.830. The van der Waals surface area contributed by atoms with Crippen molar-refractivity contribution in [3.8, 4) is 0 Å². The smallest absolute Gasteiger partial charge is 0.317 e. The monoisotopic (exact) mass is 330 g/mol. The van der Waals surface area contributed by atoms with Crippen LogP contribution in [0.4, 0.5) is 11.4 Å². The molecule has 0 aromatic heterocycles. The van der Waals surface area contributed by atoms with Crippen LogP contribution in [-0.4, -0.2) is 22.4 Å². The molecule has 0 spiro atoms. The summed E-state index contributed by atoms with van der Waals surface area (Å²) in [6, 6.07) is 11.1. The highest BCUT2D eigenvalue weighted by atomic mass is 16.6. The molecule has 2 rings (SSSR count). The molecule has 2 aromatic rings. The number of nitro groups is 2. The molecular weight excluding hydrogens is 316 g/mol. The van der Waals surface area contributed by atoms with Crippen molar-refractivity contribution in [2.75, 3.05) is 6.61 Å². The van der Waals surface area contributed by atoms with Crippen LogP contribution < -0.4 is 0 Å². The maximum Gasteiger partial charge on any atom is 0.317 e. The Morgan fingerprint density at radius 1 is 0.917 bits per heavy atom. The lowest BCUT2D eigenvalue weighted by Crippen LogP contribution is -2.17. The van der Waals surface area contributed by atoms with E-state index in [1.54, 1.807) is 6.92 Å². The van der Waals surface area contributed by atoms with Gasteiger partial charge in [0.2, 0.25) is 0 Å². The first-order valence-corrected chi connectivity index (χ1v) is 7.09. The molecule has 8 nitrogen and oxygen atoms in total. The second-order valence-corrected chi connectivity index (χ2v) is 4.88. The number of benzene rings is 2. The molecule has 124 valence electrons. The van der Waals surface area contributed by atoms with Gasteiger partial charge in [-0.1, -0.05) is 24.3 Å². The molecule has 2 aromatic carbocycles. The van der Waals surface area contributed by atoms with Crippen molar-refractivity contribution in [3.05, 3.63) is 79.9 Å². The number of carbonyl (C=O) groups excluding carboxylic acids is 1. The molecule has 8 heteroatoms. The van der Waals surface area contributed by atoms with Crippen LogP contribution in [0.3, 0.4) is 0 Å². The molecule has 0 N–H and O–H groups in total. The maximum atomic E-state index is 12.3. The zero-order valence-electron chi connectivity index (χ0n) is 12.7. The van der Waals surface area contributed by atoms with Crippen molar-refractivity contribution in [3.63, 3.8) is 0 Å². The van der Waals surface area contributed by atoms with E-state index in [2.05, 4.69) is 0 Å². The van der Waals surface area contributed by atoms with Gasteiger partial charge in [-0.15, -0.1) is 0 Å². The molecule has 0 heterocycles. The van der Waals surface area contributed by atoms with Crippen LogP contribution in [0.1, 0.15) is 24.0 Å². The van der Waals surface area contributed by atoms with Gasteiger partial charge in [0.15, 0.2) is 0 Å². The van der Waals surface area contributed by atoms with Crippen LogP contribution in [0.25, 0.3) is 0 Å². The standard InChI is InChI=1S/C16H14N2O6/c1-2-24-16(19)15(11-3-7-13(8-4-11)17(20)21)12-5-9-14(10-6-12)18(22)23/h3-10,15H,2H2,1H3. The Morgan fingerprint density at radius 3 is 1.58 bits per heavy atom. The Balaban J connectivity index is 2.42. The van der Waals surface area contributed by atoms with Crippen molar-refractivity contribution in [2.24, 2.45) is 0 Å². The van der Waals surface area contributed by atoms with E-state index >= 15 is 0 Å². The van der Waals surface area contributed by atoms with Gasteiger partial charge in [-0.25, -0.2) is 0 Å². The van der Waals surface area contributed by atoms with E-state index < -0.39 is 21.7 Å². The number of nitrogens with zero attached hydrogens (tertiary/aromatic N) is 2. The minimum absolute atomic E-state index is 0.0925. The quantitative estimate of drug-likeness (QED) is 0.456. The Morgan fingerprint density at radius 2 is 1.29 bits per heavy atom. The third-order valence-electron chi connectivity index (χ3n) is 3.40. The van der Waals surface area contributed by atoms with E-state index in [0.717, 1.165) is 0 Å². The SMILES string of the molecule is CCOC(=O)C(c1ccc([N+](=O)[O-])cc1)c1ccc([N+](=O)[O-])cc1. The lowest BCUT2D eigenvalue weighted by atomic mass is 9.91. The predicted molar refractivity (Wildman–Crippen MR) is 84.7 cm³/mol. The third-order valence-corrected chi connectivity index (χ3v) is 3.40. The van der Waals surface area contributed by atoms with Gasteiger partial charge in [0.05, 0.1) is 16.5 Å². The number of rotatable bonds is 6. The summed E-state index contributed by atoms with van der Waals surface area (Å²) >= 11 is 0. The number of carbonyl (C=O) groups is 1. The van der Waals surface area contributed by atoms with E-state index in [4.69, 9.17) is 4.74 Å². The van der Waals surface area contributed by atoms with Crippen LogP contribution in [0, 0.1) is 20.2 Å². The molecule has 0 bridgehead atoms. The summed E-state index contributed by atoms with van der Waals surface area (Å²) in [4.78, 5) is 32.7. The molecular formula is C16H14N2O6. The highest BCUT2D eigenvalue weighted by Crippen LogP contribution is 2.29. The van der Waals surface area contributed by atoms with E-state index in [1.807, 2.05) is 0 Å². The molecule has 0 saturated carbocycles. The van der Waals surface area contributed by atoms with E-state index in [9.17, 15) is 25.0 Å². The first kappa shape index (κ1) is 17.1. The van der Waals surface area contributed by atoms with E-state index in [-0.39, 0.29) is 18.0 Å². The predicted octanol–water partition coefficient (Wildman–Crippen LogP) is 3.20. The zero-order chi connectivity index (χ0) is 17.7. The minimum atomic E-state index is -0.813. The zero-order valence-corrected chi connectivity index (χ0v) is 12.7. The molecule has 0 saturated heterocycles. The first-order valence-electron chi connectivity index (χ1n) is 7.09. The van der Waals surface area contributed by atoms with Crippen molar-refractivity contribution in [2.45, 2.75) is 12.8 Å². The van der Waals surface area contributed by atoms with Crippen molar-refractivity contribution in [1.29, 1.82) is 0 Å². The summed E-state index contributed by atoms with van der Waals surface area (Å²) in [7, 11) is 0. The lowest BCUT2D eigenvalue weighted by Gasteiger charge is -2.16. The summed E-state index contributed by atoms with van der Waals surface area (Å²) < 4.78 is 5.06. The van der Waals surface area contributed by atoms with Crippen molar-refractivity contribution >= 4 is 17.3 Å². The van der Waals surface area contributed by atoms with Gasteiger partial charge in [-0.2, -0.15) is 0 Å². The fraction of sp³-hybridized carbons (Fsp3) is 0.188. The molecule has 24 heavy (non-hydrogen) atoms. The van der Waals surface area contributed by atoms with Gasteiger partial charge in [0.25, 0.3) is 11.4 Å². The van der Waals surface area contributed by atoms with Gasteiger partial charge >= 0.3 is 5.97 Å². The number of hydrogen-bond acceptors (Lipinski definition) is 6. The normalized spacial score (nSPS) is 10.4. The van der Waals surface area contributed by atoms with Gasteiger partial charge in [0, 0.05) is 24.3 Å². The van der Waals surface area contributed by atoms with Crippen LogP contribution in [0.5, 0.6) is 0 Å². The molecule has 0 amide bonds.